The van der Waals surface area contributed by atoms with E-state index in [0.29, 0.717) is 29.8 Å². The number of nitriles is 1. The summed E-state index contributed by atoms with van der Waals surface area (Å²) in [4.78, 5) is 12.2. The van der Waals surface area contributed by atoms with Crippen molar-refractivity contribution in [3.63, 3.8) is 0 Å². The van der Waals surface area contributed by atoms with E-state index in [2.05, 4.69) is 53.9 Å². The van der Waals surface area contributed by atoms with E-state index >= 15 is 0 Å². The maximum absolute atomic E-state index is 12.2. The van der Waals surface area contributed by atoms with Crippen LogP contribution in [0.25, 0.3) is 0 Å². The van der Waals surface area contributed by atoms with E-state index in [-0.39, 0.29) is 12.3 Å². The van der Waals surface area contributed by atoms with Crippen molar-refractivity contribution in [3.05, 3.63) is 54.1 Å². The van der Waals surface area contributed by atoms with E-state index in [4.69, 9.17) is 16.9 Å². The molecule has 0 spiro atoms. The number of benzene rings is 1. The van der Waals surface area contributed by atoms with Crippen LogP contribution in [0.4, 0.5) is 0 Å². The van der Waals surface area contributed by atoms with Crippen LogP contribution in [0.1, 0.15) is 15.9 Å². The number of ketones is 1. The Labute approximate surface area is 145 Å². The van der Waals surface area contributed by atoms with Crippen molar-refractivity contribution in [3.8, 4) is 6.07 Å². The summed E-state index contributed by atoms with van der Waals surface area (Å²) >= 11 is 15.8. The molecule has 0 amide bonds. The molecule has 3 nitrogen and oxygen atoms in total. The topological polar surface area (TPSA) is 45.8 Å². The highest BCUT2D eigenvalue weighted by Gasteiger charge is 2.20. The van der Waals surface area contributed by atoms with Gasteiger partial charge in [0.15, 0.2) is 5.78 Å². The predicted octanol–water partition coefficient (Wildman–Crippen LogP) is 5.18. The Morgan fingerprint density at radius 1 is 1.20 bits per heavy atom. The first-order valence-electron chi connectivity index (χ1n) is 5.37. The van der Waals surface area contributed by atoms with Gasteiger partial charge in [-0.2, -0.15) is 5.26 Å². The van der Waals surface area contributed by atoms with Crippen molar-refractivity contribution < 1.29 is 4.79 Å². The zero-order valence-electron chi connectivity index (χ0n) is 9.83. The lowest BCUT2D eigenvalue weighted by Gasteiger charge is -2.06. The smallest absolute Gasteiger partial charge is 0.182 e. The minimum Gasteiger partial charge on any atom is -0.320 e. The van der Waals surface area contributed by atoms with E-state index in [1.54, 1.807) is 28.8 Å². The Morgan fingerprint density at radius 3 is 2.30 bits per heavy atom. The van der Waals surface area contributed by atoms with Crippen LogP contribution in [0.3, 0.4) is 0 Å². The number of Topliss-reactive ketones (excluding diaryl/α,β-unsaturated/α-hetero) is 1. The molecule has 2 aromatic rings. The van der Waals surface area contributed by atoms with Crippen molar-refractivity contribution in [1.82, 2.24) is 4.57 Å². The lowest BCUT2D eigenvalue weighted by Crippen LogP contribution is -2.10. The van der Waals surface area contributed by atoms with E-state index in [1.807, 2.05) is 0 Å². The Balaban J connectivity index is 2.34. The van der Waals surface area contributed by atoms with Gasteiger partial charge < -0.3 is 4.57 Å². The van der Waals surface area contributed by atoms with Crippen LogP contribution in [0.15, 0.2) is 37.9 Å². The number of carbonyl (C=O) groups is 1. The summed E-state index contributed by atoms with van der Waals surface area (Å²) < 4.78 is 3.50. The highest BCUT2D eigenvalue weighted by atomic mass is 79.9. The van der Waals surface area contributed by atoms with Gasteiger partial charge >= 0.3 is 0 Å². The highest BCUT2D eigenvalue weighted by molar-refractivity contribution is 9.13. The SMILES string of the molecule is N#Cc1c(Br)c(Br)n(CC(=O)c2ccc(Cl)cc2)c1Br. The zero-order chi connectivity index (χ0) is 14.9. The highest BCUT2D eigenvalue weighted by Crippen LogP contribution is 2.35. The first-order valence-corrected chi connectivity index (χ1v) is 8.13. The third kappa shape index (κ3) is 3.01. The monoisotopic (exact) mass is 478 g/mol. The summed E-state index contributed by atoms with van der Waals surface area (Å²) in [5.74, 6) is -0.0740. The molecule has 0 aliphatic heterocycles. The number of aromatic nitrogens is 1. The number of hydrogen-bond donors (Lipinski definition) is 0. The van der Waals surface area contributed by atoms with Gasteiger partial charge in [0.25, 0.3) is 0 Å². The van der Waals surface area contributed by atoms with Crippen LogP contribution in [0.5, 0.6) is 0 Å². The maximum Gasteiger partial charge on any atom is 0.182 e. The molecule has 0 bridgehead atoms. The van der Waals surface area contributed by atoms with Crippen molar-refractivity contribution in [1.29, 1.82) is 5.26 Å². The summed E-state index contributed by atoms with van der Waals surface area (Å²) in [6.45, 7) is 0.114. The number of rotatable bonds is 3. The summed E-state index contributed by atoms with van der Waals surface area (Å²) in [5, 5.41) is 9.66. The molecule has 0 N–H and O–H groups in total. The molecule has 0 unspecified atom stereocenters. The van der Waals surface area contributed by atoms with E-state index in [9.17, 15) is 4.79 Å². The number of halogens is 4. The third-order valence-corrected chi connectivity index (χ3v) is 5.87. The summed E-state index contributed by atoms with van der Waals surface area (Å²) in [7, 11) is 0. The standard InChI is InChI=1S/C13H6Br3ClN2O/c14-11-9(5-18)12(15)19(13(11)16)6-10(20)7-1-3-8(17)4-2-7/h1-4H,6H2. The van der Waals surface area contributed by atoms with Crippen LogP contribution < -0.4 is 0 Å². The van der Waals surface area contributed by atoms with Crippen molar-refractivity contribution >= 4 is 65.2 Å². The second-order valence-corrected chi connectivity index (χ2v) is 6.63. The minimum absolute atomic E-state index is 0.0740. The van der Waals surface area contributed by atoms with E-state index in [0.717, 1.165) is 0 Å². The zero-order valence-corrected chi connectivity index (χ0v) is 15.3. The van der Waals surface area contributed by atoms with Gasteiger partial charge in [0.2, 0.25) is 0 Å². The molecule has 0 atom stereocenters. The Morgan fingerprint density at radius 2 is 1.80 bits per heavy atom. The van der Waals surface area contributed by atoms with Crippen LogP contribution in [0.2, 0.25) is 5.02 Å². The van der Waals surface area contributed by atoms with Crippen LogP contribution in [0, 0.1) is 11.3 Å². The van der Waals surface area contributed by atoms with Gasteiger partial charge in [-0.15, -0.1) is 0 Å². The molecule has 0 aliphatic carbocycles. The molecule has 0 aliphatic rings. The molecule has 1 aromatic heterocycles. The fraction of sp³-hybridized carbons (Fsp3) is 0.0769. The Kier molecular flexibility index (Phi) is 5.08. The fourth-order valence-corrected chi connectivity index (χ4v) is 3.85. The van der Waals surface area contributed by atoms with Gasteiger partial charge in [-0.25, -0.2) is 0 Å². The molecular formula is C13H6Br3ClN2O. The van der Waals surface area contributed by atoms with E-state index < -0.39 is 0 Å². The first-order chi connectivity index (χ1) is 9.45. The molecule has 0 saturated carbocycles. The largest absolute Gasteiger partial charge is 0.320 e. The quantitative estimate of drug-likeness (QED) is 0.567. The number of hydrogen-bond acceptors (Lipinski definition) is 2. The van der Waals surface area contributed by atoms with Crippen LogP contribution in [-0.4, -0.2) is 10.4 Å². The van der Waals surface area contributed by atoms with Gasteiger partial charge in [0.1, 0.15) is 15.3 Å². The lowest BCUT2D eigenvalue weighted by atomic mass is 10.1. The maximum atomic E-state index is 12.2. The van der Waals surface area contributed by atoms with Gasteiger partial charge in [0.05, 0.1) is 16.6 Å². The van der Waals surface area contributed by atoms with Crippen LogP contribution in [-0.2, 0) is 6.54 Å². The third-order valence-electron chi connectivity index (χ3n) is 2.66. The molecule has 7 heteroatoms. The summed E-state index contributed by atoms with van der Waals surface area (Å²) in [6.07, 6.45) is 0. The number of nitrogens with zero attached hydrogens (tertiary/aromatic N) is 2. The molecule has 102 valence electrons. The minimum atomic E-state index is -0.0740. The molecule has 0 saturated heterocycles. The number of carbonyl (C=O) groups excluding carboxylic acids is 1. The molecular weight excluding hydrogens is 475 g/mol. The summed E-state index contributed by atoms with van der Waals surface area (Å²) in [5.41, 5.74) is 1.01. The molecule has 1 aromatic carbocycles. The molecule has 20 heavy (non-hydrogen) atoms. The average Bonchev–Trinajstić information content (AvgIpc) is 2.63. The average molecular weight is 481 g/mol. The second kappa shape index (κ2) is 6.44. The van der Waals surface area contributed by atoms with Crippen molar-refractivity contribution in [2.45, 2.75) is 6.54 Å². The van der Waals surface area contributed by atoms with Gasteiger partial charge in [-0.3, -0.25) is 4.79 Å². The Bertz CT molecular complexity index is 717. The fourth-order valence-electron chi connectivity index (χ4n) is 1.64. The van der Waals surface area contributed by atoms with Crippen molar-refractivity contribution in [2.75, 3.05) is 0 Å². The van der Waals surface area contributed by atoms with Gasteiger partial charge in [-0.05, 0) is 72.1 Å². The molecule has 0 radical (unpaired) electrons. The second-order valence-electron chi connectivity index (χ2n) is 3.90. The van der Waals surface area contributed by atoms with Crippen LogP contribution >= 0.6 is 59.4 Å². The van der Waals surface area contributed by atoms with E-state index in [1.165, 1.54) is 0 Å². The van der Waals surface area contributed by atoms with Crippen molar-refractivity contribution in [2.24, 2.45) is 0 Å². The predicted molar refractivity (Wildman–Crippen MR) is 88.0 cm³/mol. The van der Waals surface area contributed by atoms with Gasteiger partial charge in [-0.1, -0.05) is 11.6 Å². The normalized spacial score (nSPS) is 10.3. The van der Waals surface area contributed by atoms with Gasteiger partial charge in [0, 0.05) is 10.6 Å². The Hall–Kier alpha value is -0.610. The molecule has 1 heterocycles. The first kappa shape index (κ1) is 15.8. The lowest BCUT2D eigenvalue weighted by molar-refractivity contribution is 0.0971. The molecule has 0 fully saturated rings. The summed E-state index contributed by atoms with van der Waals surface area (Å²) in [6, 6.07) is 8.77. The molecule has 2 rings (SSSR count).